The number of hydrogen-bond acceptors (Lipinski definition) is 10. The molecule has 1 aromatic carbocycles. The standard InChI is InChI=1S/C25H32ClN6O5P.C2H6/c1-15(2)35-24(33)25(9-10-25)31-38(37-18-7-5-17(26)6-8-18)34-12-19-11-16(3)23(36-19)32-14-30-20-21(27-4)28-13-29-22(20)32;1-2/h5-8,13-16,19,23,31H,9-12H2,1-4H3,(H,27,28,29);1-2H3. The lowest BCUT2D eigenvalue weighted by atomic mass is 10.1. The molecule has 1 saturated heterocycles. The molecular formula is C27H38ClN6O5P. The Morgan fingerprint density at radius 2 is 1.95 bits per heavy atom. The van der Waals surface area contributed by atoms with E-state index >= 15 is 0 Å². The maximum absolute atomic E-state index is 12.7. The molecule has 5 rings (SSSR count). The molecule has 4 atom stereocenters. The number of carbonyl (C=O) groups excluding carboxylic acids is 1. The summed E-state index contributed by atoms with van der Waals surface area (Å²) in [5.41, 5.74) is 0.601. The van der Waals surface area contributed by atoms with E-state index in [4.69, 9.17) is 30.1 Å². The zero-order chi connectivity index (χ0) is 28.9. The fourth-order valence-corrected chi connectivity index (χ4v) is 5.97. The van der Waals surface area contributed by atoms with Crippen molar-refractivity contribution in [3.63, 3.8) is 0 Å². The molecule has 11 nitrogen and oxygen atoms in total. The van der Waals surface area contributed by atoms with Gasteiger partial charge in [0.05, 0.1) is 25.1 Å². The first-order valence-corrected chi connectivity index (χ1v) is 15.2. The number of benzene rings is 1. The van der Waals surface area contributed by atoms with Gasteiger partial charge in [0.1, 0.15) is 29.4 Å². The average Bonchev–Trinajstić information content (AvgIpc) is 3.46. The fraction of sp³-hybridized carbons (Fsp3) is 0.556. The van der Waals surface area contributed by atoms with Crippen molar-refractivity contribution in [3.05, 3.63) is 41.9 Å². The van der Waals surface area contributed by atoms with Gasteiger partial charge in [-0.1, -0.05) is 32.4 Å². The first-order chi connectivity index (χ1) is 19.3. The summed E-state index contributed by atoms with van der Waals surface area (Å²) in [6, 6.07) is 7.03. The molecule has 13 heteroatoms. The van der Waals surface area contributed by atoms with Crippen LogP contribution in [-0.2, 0) is 18.8 Å². The van der Waals surface area contributed by atoms with Gasteiger partial charge in [-0.3, -0.25) is 9.36 Å². The van der Waals surface area contributed by atoms with Crippen LogP contribution < -0.4 is 14.9 Å². The van der Waals surface area contributed by atoms with Gasteiger partial charge in [0.25, 0.3) is 0 Å². The Labute approximate surface area is 241 Å². The third kappa shape index (κ3) is 7.01. The highest BCUT2D eigenvalue weighted by atomic mass is 35.5. The third-order valence-electron chi connectivity index (χ3n) is 6.49. The molecule has 2 aromatic heterocycles. The van der Waals surface area contributed by atoms with Gasteiger partial charge in [-0.2, -0.15) is 0 Å². The molecule has 2 N–H and O–H groups in total. The zero-order valence-corrected chi connectivity index (χ0v) is 25.4. The van der Waals surface area contributed by atoms with Crippen molar-refractivity contribution in [2.45, 2.75) is 77.9 Å². The molecule has 1 aliphatic heterocycles. The Hall–Kier alpha value is -2.56. The molecule has 2 fully saturated rings. The number of hydrogen-bond donors (Lipinski definition) is 2. The first kappa shape index (κ1) is 30.4. The number of anilines is 1. The van der Waals surface area contributed by atoms with Crippen molar-refractivity contribution in [2.24, 2.45) is 5.92 Å². The molecule has 4 unspecified atom stereocenters. The van der Waals surface area contributed by atoms with Crippen LogP contribution in [-0.4, -0.2) is 56.9 Å². The number of nitrogens with one attached hydrogen (secondary N) is 2. The van der Waals surface area contributed by atoms with Gasteiger partial charge in [-0.25, -0.2) is 20.0 Å². The van der Waals surface area contributed by atoms with Gasteiger partial charge in [-0.15, -0.1) is 0 Å². The highest BCUT2D eigenvalue weighted by molar-refractivity contribution is 7.45. The molecular weight excluding hydrogens is 555 g/mol. The predicted octanol–water partition coefficient (Wildman–Crippen LogP) is 5.87. The van der Waals surface area contributed by atoms with Crippen LogP contribution in [0.1, 0.15) is 60.1 Å². The number of halogens is 1. The zero-order valence-electron chi connectivity index (χ0n) is 23.8. The second-order valence-electron chi connectivity index (χ2n) is 9.90. The van der Waals surface area contributed by atoms with Gasteiger partial charge in [0, 0.05) is 18.0 Å². The van der Waals surface area contributed by atoms with Crippen LogP contribution in [0.2, 0.25) is 5.02 Å². The maximum Gasteiger partial charge on any atom is 0.327 e. The minimum absolute atomic E-state index is 0.184. The van der Waals surface area contributed by atoms with Crippen molar-refractivity contribution >= 4 is 43.1 Å². The normalized spacial score (nSPS) is 21.9. The molecule has 1 aliphatic carbocycles. The number of carbonyl (C=O) groups is 1. The Balaban J connectivity index is 0.00000181. The molecule has 218 valence electrons. The van der Waals surface area contributed by atoms with Crippen LogP contribution in [0.4, 0.5) is 5.82 Å². The highest BCUT2D eigenvalue weighted by Crippen LogP contribution is 2.48. The summed E-state index contributed by atoms with van der Waals surface area (Å²) in [5, 5.41) is 6.95. The summed E-state index contributed by atoms with van der Waals surface area (Å²) in [5.74, 6) is 1.16. The van der Waals surface area contributed by atoms with E-state index in [9.17, 15) is 4.79 Å². The molecule has 3 heterocycles. The lowest BCUT2D eigenvalue weighted by Gasteiger charge is -2.25. The van der Waals surface area contributed by atoms with E-state index < -0.39 is 14.1 Å². The van der Waals surface area contributed by atoms with Crippen LogP contribution in [0.15, 0.2) is 36.9 Å². The average molecular weight is 593 g/mol. The van der Waals surface area contributed by atoms with Crippen LogP contribution in [0.25, 0.3) is 11.2 Å². The summed E-state index contributed by atoms with van der Waals surface area (Å²) in [6.07, 6.45) is 4.71. The lowest BCUT2D eigenvalue weighted by Crippen LogP contribution is -2.40. The van der Waals surface area contributed by atoms with Crippen molar-refractivity contribution < 1.29 is 23.3 Å². The van der Waals surface area contributed by atoms with Crippen molar-refractivity contribution in [1.29, 1.82) is 0 Å². The van der Waals surface area contributed by atoms with Gasteiger partial charge in [0.15, 0.2) is 11.5 Å². The van der Waals surface area contributed by atoms with E-state index in [0.717, 1.165) is 6.42 Å². The number of esters is 1. The molecule has 40 heavy (non-hydrogen) atoms. The molecule has 0 spiro atoms. The van der Waals surface area contributed by atoms with Gasteiger partial charge >= 0.3 is 14.5 Å². The Morgan fingerprint density at radius 3 is 2.60 bits per heavy atom. The van der Waals surface area contributed by atoms with Gasteiger partial charge < -0.3 is 23.8 Å². The van der Waals surface area contributed by atoms with Crippen molar-refractivity contribution in [3.8, 4) is 5.75 Å². The third-order valence-corrected chi connectivity index (χ3v) is 8.11. The summed E-state index contributed by atoms with van der Waals surface area (Å²) in [4.78, 5) is 25.9. The fourth-order valence-electron chi connectivity index (χ4n) is 4.40. The van der Waals surface area contributed by atoms with E-state index in [-0.39, 0.29) is 36.9 Å². The maximum atomic E-state index is 12.7. The van der Waals surface area contributed by atoms with E-state index in [0.29, 0.717) is 40.6 Å². The smallest absolute Gasteiger partial charge is 0.327 e. The molecule has 0 bridgehead atoms. The number of imidazole rings is 1. The van der Waals surface area contributed by atoms with E-state index in [1.165, 1.54) is 6.33 Å². The molecule has 0 radical (unpaired) electrons. The van der Waals surface area contributed by atoms with Gasteiger partial charge in [-0.05, 0) is 57.4 Å². The van der Waals surface area contributed by atoms with E-state index in [1.54, 1.807) is 37.6 Å². The number of rotatable bonds is 11. The molecule has 3 aromatic rings. The lowest BCUT2D eigenvalue weighted by molar-refractivity contribution is -0.150. The van der Waals surface area contributed by atoms with Crippen molar-refractivity contribution in [2.75, 3.05) is 19.0 Å². The number of fused-ring (bicyclic) bond motifs is 1. The second-order valence-corrected chi connectivity index (χ2v) is 11.5. The first-order valence-electron chi connectivity index (χ1n) is 13.6. The highest BCUT2D eigenvalue weighted by Gasteiger charge is 2.54. The largest absolute Gasteiger partial charge is 0.462 e. The topological polar surface area (TPSA) is 122 Å². The number of nitrogens with zero attached hydrogens (tertiary/aromatic N) is 4. The van der Waals surface area contributed by atoms with Crippen LogP contribution in [0.5, 0.6) is 5.75 Å². The Kier molecular flexibility index (Phi) is 10.2. The monoisotopic (exact) mass is 592 g/mol. The summed E-state index contributed by atoms with van der Waals surface area (Å²) < 4.78 is 26.2. The number of ether oxygens (including phenoxy) is 2. The molecule has 2 aliphatic rings. The predicted molar refractivity (Wildman–Crippen MR) is 155 cm³/mol. The minimum Gasteiger partial charge on any atom is -0.462 e. The van der Waals surface area contributed by atoms with Gasteiger partial charge in [0.2, 0.25) is 0 Å². The van der Waals surface area contributed by atoms with Crippen molar-refractivity contribution in [1.82, 2.24) is 24.6 Å². The van der Waals surface area contributed by atoms with Crippen LogP contribution >= 0.6 is 20.1 Å². The molecule has 0 amide bonds. The Morgan fingerprint density at radius 1 is 1.23 bits per heavy atom. The van der Waals surface area contributed by atoms with E-state index in [2.05, 4.69) is 32.3 Å². The Bertz CT molecular complexity index is 1270. The number of aromatic nitrogens is 4. The summed E-state index contributed by atoms with van der Waals surface area (Å²) >= 11 is 6.03. The van der Waals surface area contributed by atoms with Crippen LogP contribution in [0.3, 0.4) is 0 Å². The second kappa shape index (κ2) is 13.4. The summed E-state index contributed by atoms with van der Waals surface area (Å²) in [7, 11) is 0.125. The minimum atomic E-state index is -1.68. The van der Waals surface area contributed by atoms with Crippen LogP contribution in [0, 0.1) is 5.92 Å². The quantitative estimate of drug-likeness (QED) is 0.206. The van der Waals surface area contributed by atoms with E-state index in [1.807, 2.05) is 32.3 Å². The summed E-state index contributed by atoms with van der Waals surface area (Å²) in [6.45, 7) is 10.1. The molecule has 1 saturated carbocycles. The SMILES string of the molecule is CC.CNc1ncnc2c1ncn2C1OC(COP(NC2(C(=O)OC(C)C)CC2)Oc2ccc(Cl)cc2)CC1C.